The molecule has 2 aromatic carbocycles. The molecule has 2 aliphatic rings. The summed E-state index contributed by atoms with van der Waals surface area (Å²) in [5, 5.41) is 2.53. The molecule has 1 heterocycles. The summed E-state index contributed by atoms with van der Waals surface area (Å²) in [6, 6.07) is 15.2. The number of hydrogen-bond acceptors (Lipinski definition) is 3. The molecule has 0 unspecified atom stereocenters. The Hall–Kier alpha value is -2.82. The Morgan fingerprint density at radius 3 is 2.40 bits per heavy atom. The molecule has 0 N–H and O–H groups in total. The lowest BCUT2D eigenvalue weighted by atomic mass is 9.90. The highest BCUT2D eigenvalue weighted by atomic mass is 35.5. The second-order valence-electron chi connectivity index (χ2n) is 7.36. The van der Waals surface area contributed by atoms with Crippen LogP contribution in [0.25, 0.3) is 33.4 Å². The molecule has 2 aromatic rings. The van der Waals surface area contributed by atoms with E-state index in [0.29, 0.717) is 26.9 Å². The second kappa shape index (κ2) is 7.78. The largest absolute Gasteiger partial charge is 0.465 e. The van der Waals surface area contributed by atoms with Gasteiger partial charge in [0.1, 0.15) is 25.4 Å². The molecular weight excluding hydrogens is 421 g/mol. The molecule has 0 amide bonds. The molecule has 4 nitrogen and oxygen atoms in total. The molecular formula is C24H20Cl2NO3+. The Bertz CT molecular complexity index is 1350. The highest BCUT2D eigenvalue weighted by Crippen LogP contribution is 2.43. The van der Waals surface area contributed by atoms with Crippen LogP contribution in [0.2, 0.25) is 10.0 Å². The van der Waals surface area contributed by atoms with E-state index in [9.17, 15) is 4.79 Å². The van der Waals surface area contributed by atoms with Gasteiger partial charge in [-0.05, 0) is 42.3 Å². The van der Waals surface area contributed by atoms with E-state index in [0.717, 1.165) is 33.0 Å². The zero-order chi connectivity index (χ0) is 21.6. The van der Waals surface area contributed by atoms with Gasteiger partial charge in [-0.2, -0.15) is 0 Å². The molecule has 0 bridgehead atoms. The van der Waals surface area contributed by atoms with Gasteiger partial charge in [0.15, 0.2) is 0 Å². The van der Waals surface area contributed by atoms with Gasteiger partial charge in [0.05, 0.1) is 28.8 Å². The number of methoxy groups -OCH3 is 1. The fourth-order valence-electron chi connectivity index (χ4n) is 3.59. The molecule has 1 aliphatic carbocycles. The van der Waals surface area contributed by atoms with E-state index in [1.165, 1.54) is 7.11 Å². The van der Waals surface area contributed by atoms with Crippen molar-refractivity contribution in [3.05, 3.63) is 75.1 Å². The van der Waals surface area contributed by atoms with Gasteiger partial charge in [-0.25, -0.2) is 9.37 Å². The molecule has 4 rings (SSSR count). The van der Waals surface area contributed by atoms with Gasteiger partial charge in [0, 0.05) is 22.6 Å². The fourth-order valence-corrected chi connectivity index (χ4v) is 3.91. The maximum atomic E-state index is 12.6. The van der Waals surface area contributed by atoms with Crippen molar-refractivity contribution in [1.82, 2.24) is 4.58 Å². The van der Waals surface area contributed by atoms with E-state index in [2.05, 4.69) is 0 Å². The van der Waals surface area contributed by atoms with Crippen LogP contribution in [0.15, 0.2) is 52.9 Å². The van der Waals surface area contributed by atoms with E-state index in [4.69, 9.17) is 32.4 Å². The summed E-state index contributed by atoms with van der Waals surface area (Å²) in [6.45, 7) is 2.01. The van der Waals surface area contributed by atoms with Crippen LogP contribution in [0.5, 0.6) is 0 Å². The number of fused-ring (bicyclic) bond motifs is 2. The number of nitrogens with zero attached hydrogens (tertiary/aromatic N) is 1. The molecule has 30 heavy (non-hydrogen) atoms. The molecule has 0 aromatic heterocycles. The smallest absolute Gasteiger partial charge is 0.338 e. The summed E-state index contributed by atoms with van der Waals surface area (Å²) >= 11 is 12.6. The van der Waals surface area contributed by atoms with Crippen LogP contribution in [-0.2, 0) is 4.74 Å². The number of carbonyl (C=O) groups excluding carboxylic acids is 1. The average molecular weight is 441 g/mol. The fraction of sp³-hybridized carbons (Fsp3) is 0.167. The van der Waals surface area contributed by atoms with Crippen molar-refractivity contribution in [3.63, 3.8) is 0 Å². The second-order valence-corrected chi connectivity index (χ2v) is 8.17. The lowest BCUT2D eigenvalue weighted by molar-refractivity contribution is 0.0601. The Morgan fingerprint density at radius 1 is 0.967 bits per heavy atom. The third-order valence-corrected chi connectivity index (χ3v) is 5.83. The van der Waals surface area contributed by atoms with E-state index < -0.39 is 5.97 Å². The Labute approximate surface area is 184 Å². The van der Waals surface area contributed by atoms with Crippen molar-refractivity contribution in [2.45, 2.75) is 6.92 Å². The molecule has 0 saturated carbocycles. The van der Waals surface area contributed by atoms with Gasteiger partial charge in [0.2, 0.25) is 5.36 Å². The van der Waals surface area contributed by atoms with Crippen molar-refractivity contribution in [2.75, 3.05) is 21.2 Å². The summed E-state index contributed by atoms with van der Waals surface area (Å²) in [6.07, 6.45) is 0. The molecule has 0 atom stereocenters. The minimum absolute atomic E-state index is 0.292. The third-order valence-electron chi connectivity index (χ3n) is 5.11. The number of rotatable bonds is 2. The lowest BCUT2D eigenvalue weighted by Crippen LogP contribution is -2.21. The van der Waals surface area contributed by atoms with E-state index in [1.54, 1.807) is 12.1 Å². The van der Waals surface area contributed by atoms with Crippen LogP contribution in [0.3, 0.4) is 0 Å². The van der Waals surface area contributed by atoms with Gasteiger partial charge in [-0.1, -0.05) is 35.3 Å². The zero-order valence-corrected chi connectivity index (χ0v) is 18.6. The number of esters is 1. The van der Waals surface area contributed by atoms with E-state index >= 15 is 0 Å². The topological polar surface area (TPSA) is 42.5 Å². The van der Waals surface area contributed by atoms with Crippen LogP contribution < -0.4 is 9.93 Å². The standard InChI is InChI=1S/C24H20Cl2NO3/c1-13-5-7-15-21(9-13)30-22-10-14(27(2)3)6-8-16(22)23(15)17-11-19(25)20(26)12-18(17)24(28)29-4/h5-12H,1-4H3/q+1. The van der Waals surface area contributed by atoms with Gasteiger partial charge >= 0.3 is 5.97 Å². The average Bonchev–Trinajstić information content (AvgIpc) is 2.72. The van der Waals surface area contributed by atoms with Gasteiger partial charge in [0.25, 0.3) is 0 Å². The molecule has 0 fully saturated rings. The first-order valence-corrected chi connectivity index (χ1v) is 10.1. The maximum absolute atomic E-state index is 12.6. The third kappa shape index (κ3) is 3.47. The summed E-state index contributed by atoms with van der Waals surface area (Å²) in [7, 11) is 5.29. The Morgan fingerprint density at radius 2 is 1.70 bits per heavy atom. The Balaban J connectivity index is 2.21. The van der Waals surface area contributed by atoms with Gasteiger partial charge < -0.3 is 9.15 Å². The van der Waals surface area contributed by atoms with Gasteiger partial charge in [-0.3, -0.25) is 0 Å². The maximum Gasteiger partial charge on any atom is 0.338 e. The summed E-state index contributed by atoms with van der Waals surface area (Å²) in [5.74, 6) is 0.221. The van der Waals surface area contributed by atoms with Crippen molar-refractivity contribution < 1.29 is 13.9 Å². The first-order valence-electron chi connectivity index (χ1n) is 9.35. The normalized spacial score (nSPS) is 11.1. The zero-order valence-electron chi connectivity index (χ0n) is 17.0. The quantitative estimate of drug-likeness (QED) is 0.230. The van der Waals surface area contributed by atoms with Crippen molar-refractivity contribution in [1.29, 1.82) is 0 Å². The molecule has 0 radical (unpaired) electrons. The van der Waals surface area contributed by atoms with Gasteiger partial charge in [-0.15, -0.1) is 0 Å². The minimum atomic E-state index is -0.484. The number of ether oxygens (including phenoxy) is 1. The Kier molecular flexibility index (Phi) is 5.31. The highest BCUT2D eigenvalue weighted by molar-refractivity contribution is 6.42. The summed E-state index contributed by atoms with van der Waals surface area (Å²) < 4.78 is 13.3. The molecule has 1 aliphatic heterocycles. The first-order chi connectivity index (χ1) is 14.3. The lowest BCUT2D eigenvalue weighted by Gasteiger charge is -2.18. The summed E-state index contributed by atoms with van der Waals surface area (Å²) in [4.78, 5) is 12.6. The van der Waals surface area contributed by atoms with Crippen molar-refractivity contribution in [3.8, 4) is 22.5 Å². The van der Waals surface area contributed by atoms with Crippen molar-refractivity contribution >= 4 is 40.1 Å². The number of carbonyl (C=O) groups is 1. The van der Waals surface area contributed by atoms with Crippen LogP contribution in [-0.4, -0.2) is 27.2 Å². The molecule has 0 spiro atoms. The number of benzene rings is 3. The molecule has 0 saturated heterocycles. The van der Waals surface area contributed by atoms with Crippen molar-refractivity contribution in [2.24, 2.45) is 0 Å². The summed E-state index contributed by atoms with van der Waals surface area (Å²) in [5.41, 5.74) is 4.48. The monoisotopic (exact) mass is 440 g/mol. The van der Waals surface area contributed by atoms with Crippen LogP contribution in [0.4, 0.5) is 0 Å². The predicted molar refractivity (Wildman–Crippen MR) is 121 cm³/mol. The van der Waals surface area contributed by atoms with Crippen LogP contribution >= 0.6 is 23.2 Å². The van der Waals surface area contributed by atoms with Crippen LogP contribution in [0, 0.1) is 6.92 Å². The number of halogens is 2. The minimum Gasteiger partial charge on any atom is -0.465 e. The molecule has 6 heteroatoms. The van der Waals surface area contributed by atoms with E-state index in [1.807, 2.05) is 62.0 Å². The molecule has 152 valence electrons. The number of hydrogen-bond donors (Lipinski definition) is 0. The SMILES string of the molecule is COC(=O)c1cc(Cl)c(Cl)cc1-c1c2ccc(=[N+](C)C)cc-2oc2cc(C)ccc12. The van der Waals surface area contributed by atoms with Crippen LogP contribution in [0.1, 0.15) is 15.9 Å². The predicted octanol–water partition coefficient (Wildman–Crippen LogP) is 5.64. The number of aryl methyl sites for hydroxylation is 1. The first kappa shape index (κ1) is 20.5. The van der Waals surface area contributed by atoms with E-state index in [-0.39, 0.29) is 0 Å². The highest BCUT2D eigenvalue weighted by Gasteiger charge is 2.24.